The van der Waals surface area contributed by atoms with Crippen LogP contribution in [0.4, 0.5) is 25.0 Å². The molecular weight excluding hydrogens is 360 g/mol. The molecule has 0 atom stereocenters. The number of carbonyl (C=O) groups excluding carboxylic acids is 2. The van der Waals surface area contributed by atoms with Gasteiger partial charge in [0.05, 0.1) is 5.69 Å². The summed E-state index contributed by atoms with van der Waals surface area (Å²) in [5.74, 6) is -1.85. The zero-order valence-electron chi connectivity index (χ0n) is 13.9. The van der Waals surface area contributed by atoms with E-state index in [4.69, 9.17) is 0 Å². The summed E-state index contributed by atoms with van der Waals surface area (Å²) in [6, 6.07) is 6.31. The summed E-state index contributed by atoms with van der Waals surface area (Å²) in [5.41, 5.74) is 0.840. The largest absolute Gasteiger partial charge is 0.355 e. The summed E-state index contributed by atoms with van der Waals surface area (Å²) >= 11 is 0. The van der Waals surface area contributed by atoms with Gasteiger partial charge in [0, 0.05) is 29.9 Å². The summed E-state index contributed by atoms with van der Waals surface area (Å²) in [4.78, 5) is 24.0. The molecule has 3 amide bonds. The van der Waals surface area contributed by atoms with E-state index >= 15 is 0 Å². The van der Waals surface area contributed by atoms with Crippen LogP contribution in [0.3, 0.4) is 0 Å². The molecule has 3 aromatic rings. The van der Waals surface area contributed by atoms with Gasteiger partial charge in [-0.05, 0) is 35.5 Å². The van der Waals surface area contributed by atoms with Crippen LogP contribution in [0.2, 0.25) is 0 Å². The van der Waals surface area contributed by atoms with E-state index in [1.165, 1.54) is 25.2 Å². The lowest BCUT2D eigenvalue weighted by Gasteiger charge is -2.12. The van der Waals surface area contributed by atoms with E-state index < -0.39 is 17.7 Å². The highest BCUT2D eigenvalue weighted by Gasteiger charge is 2.15. The van der Waals surface area contributed by atoms with Crippen LogP contribution in [-0.2, 0) is 0 Å². The van der Waals surface area contributed by atoms with Gasteiger partial charge in [-0.15, -0.1) is 10.2 Å². The number of nitrogens with zero attached hydrogens (tertiary/aromatic N) is 3. The molecule has 0 aliphatic rings. The molecule has 0 fully saturated rings. The van der Waals surface area contributed by atoms with Crippen molar-refractivity contribution < 1.29 is 18.4 Å². The predicted octanol–water partition coefficient (Wildman–Crippen LogP) is 2.15. The van der Waals surface area contributed by atoms with Crippen molar-refractivity contribution in [2.45, 2.75) is 0 Å². The summed E-state index contributed by atoms with van der Waals surface area (Å²) in [6.07, 6.45) is 0. The highest BCUT2D eigenvalue weighted by molar-refractivity contribution is 6.03. The van der Waals surface area contributed by atoms with Gasteiger partial charge in [0.15, 0.2) is 0 Å². The van der Waals surface area contributed by atoms with Gasteiger partial charge < -0.3 is 16.0 Å². The summed E-state index contributed by atoms with van der Waals surface area (Å²) in [5, 5.41) is 20.7. The Labute approximate surface area is 151 Å². The van der Waals surface area contributed by atoms with Crippen molar-refractivity contribution in [3.63, 3.8) is 0 Å². The quantitative estimate of drug-likeness (QED) is 0.558. The lowest BCUT2D eigenvalue weighted by Crippen LogP contribution is -2.21. The number of halogens is 2. The maximum absolute atomic E-state index is 13.2. The van der Waals surface area contributed by atoms with Crippen LogP contribution < -0.4 is 16.0 Å². The first-order chi connectivity index (χ1) is 13.0. The Morgan fingerprint density at radius 2 is 1.78 bits per heavy atom. The molecule has 4 N–H and O–H groups in total. The van der Waals surface area contributed by atoms with Gasteiger partial charge in [-0.1, -0.05) is 0 Å². The average Bonchev–Trinajstić information content (AvgIpc) is 3.14. The van der Waals surface area contributed by atoms with E-state index in [0.29, 0.717) is 17.2 Å². The minimum Gasteiger partial charge on any atom is -0.355 e. The third-order valence-corrected chi connectivity index (χ3v) is 3.46. The predicted molar refractivity (Wildman–Crippen MR) is 92.0 cm³/mol. The molecule has 0 unspecified atom stereocenters. The number of rotatable bonds is 4. The molecule has 11 heteroatoms. The highest BCUT2D eigenvalue weighted by atomic mass is 19.1. The Morgan fingerprint density at radius 1 is 1.04 bits per heavy atom. The summed E-state index contributed by atoms with van der Waals surface area (Å²) in [6.45, 7) is 0. The molecule has 0 aliphatic heterocycles. The molecule has 1 heterocycles. The minimum atomic E-state index is -0.826. The van der Waals surface area contributed by atoms with Gasteiger partial charge >= 0.3 is 6.03 Å². The Kier molecular flexibility index (Phi) is 5.01. The molecule has 138 valence electrons. The van der Waals surface area contributed by atoms with Crippen LogP contribution in [0, 0.1) is 11.6 Å². The third kappa shape index (κ3) is 4.21. The fourth-order valence-electron chi connectivity index (χ4n) is 2.31. The van der Waals surface area contributed by atoms with Gasteiger partial charge in [-0.25, -0.2) is 13.6 Å². The molecule has 0 aliphatic carbocycles. The van der Waals surface area contributed by atoms with Crippen molar-refractivity contribution in [1.82, 2.24) is 25.9 Å². The molecule has 0 bridgehead atoms. The van der Waals surface area contributed by atoms with Gasteiger partial charge in [-0.2, -0.15) is 5.21 Å². The van der Waals surface area contributed by atoms with Crippen molar-refractivity contribution in [2.24, 2.45) is 0 Å². The maximum Gasteiger partial charge on any atom is 0.323 e. The van der Waals surface area contributed by atoms with Crippen LogP contribution in [0.15, 0.2) is 36.4 Å². The Hall–Kier alpha value is -3.89. The number of H-pyrrole nitrogens is 1. The van der Waals surface area contributed by atoms with Gasteiger partial charge in [-0.3, -0.25) is 4.79 Å². The first kappa shape index (κ1) is 17.9. The zero-order valence-corrected chi connectivity index (χ0v) is 13.9. The van der Waals surface area contributed by atoms with Gasteiger partial charge in [0.1, 0.15) is 11.6 Å². The number of aromatic nitrogens is 4. The van der Waals surface area contributed by atoms with Gasteiger partial charge in [0.2, 0.25) is 5.82 Å². The second-order valence-electron chi connectivity index (χ2n) is 5.31. The Morgan fingerprint density at radius 3 is 2.41 bits per heavy atom. The smallest absolute Gasteiger partial charge is 0.323 e. The SMILES string of the molecule is CNC(=O)c1ccc(NC(=O)Nc2cc(F)cc(F)c2)c(-c2nn[nH]n2)c1. The van der Waals surface area contributed by atoms with Crippen molar-refractivity contribution in [3.05, 3.63) is 53.6 Å². The number of urea groups is 1. The molecule has 0 spiro atoms. The Balaban J connectivity index is 1.87. The molecule has 1 aromatic heterocycles. The highest BCUT2D eigenvalue weighted by Crippen LogP contribution is 2.26. The fraction of sp³-hybridized carbons (Fsp3) is 0.0625. The number of aromatic amines is 1. The monoisotopic (exact) mass is 373 g/mol. The lowest BCUT2D eigenvalue weighted by molar-refractivity contribution is 0.0963. The molecule has 9 nitrogen and oxygen atoms in total. The molecule has 0 saturated heterocycles. The van der Waals surface area contributed by atoms with E-state index in [-0.39, 0.29) is 23.1 Å². The molecule has 0 saturated carbocycles. The van der Waals surface area contributed by atoms with E-state index in [0.717, 1.165) is 12.1 Å². The molecule has 2 aromatic carbocycles. The number of tetrazole rings is 1. The van der Waals surface area contributed by atoms with Crippen molar-refractivity contribution in [2.75, 3.05) is 17.7 Å². The molecule has 27 heavy (non-hydrogen) atoms. The molecular formula is C16H13F2N7O2. The number of carbonyl (C=O) groups is 2. The number of anilines is 2. The normalized spacial score (nSPS) is 10.3. The average molecular weight is 373 g/mol. The Bertz CT molecular complexity index is 972. The lowest BCUT2D eigenvalue weighted by atomic mass is 10.1. The minimum absolute atomic E-state index is 0.0620. The number of benzene rings is 2. The van der Waals surface area contributed by atoms with Gasteiger partial charge in [0.25, 0.3) is 5.91 Å². The first-order valence-corrected chi connectivity index (χ1v) is 7.60. The molecule has 3 rings (SSSR count). The van der Waals surface area contributed by atoms with E-state index in [1.54, 1.807) is 0 Å². The van der Waals surface area contributed by atoms with Crippen molar-refractivity contribution in [3.8, 4) is 11.4 Å². The summed E-state index contributed by atoms with van der Waals surface area (Å²) < 4.78 is 26.5. The number of hydrogen-bond donors (Lipinski definition) is 4. The van der Waals surface area contributed by atoms with Crippen LogP contribution >= 0.6 is 0 Å². The first-order valence-electron chi connectivity index (χ1n) is 7.60. The second kappa shape index (κ2) is 7.56. The number of amides is 3. The number of nitrogens with one attached hydrogen (secondary N) is 4. The topological polar surface area (TPSA) is 125 Å². The zero-order chi connectivity index (χ0) is 19.4. The van der Waals surface area contributed by atoms with E-state index in [9.17, 15) is 18.4 Å². The molecule has 0 radical (unpaired) electrons. The van der Waals surface area contributed by atoms with Crippen LogP contribution in [0.25, 0.3) is 11.4 Å². The van der Waals surface area contributed by atoms with E-state index in [2.05, 4.69) is 36.6 Å². The van der Waals surface area contributed by atoms with Crippen molar-refractivity contribution in [1.29, 1.82) is 0 Å². The third-order valence-electron chi connectivity index (χ3n) is 3.46. The van der Waals surface area contributed by atoms with Crippen molar-refractivity contribution >= 4 is 23.3 Å². The number of hydrogen-bond acceptors (Lipinski definition) is 5. The summed E-state index contributed by atoms with van der Waals surface area (Å²) in [7, 11) is 1.48. The fourth-order valence-corrected chi connectivity index (χ4v) is 2.31. The standard InChI is InChI=1S/C16H13F2N7O2/c1-19-15(26)8-2-3-13(12(4-8)14-22-24-25-23-14)21-16(27)20-11-6-9(17)5-10(18)7-11/h2-7H,1H3,(H,19,26)(H2,20,21,27)(H,22,23,24,25). The van der Waals surface area contributed by atoms with Crippen LogP contribution in [0.5, 0.6) is 0 Å². The van der Waals surface area contributed by atoms with Crippen LogP contribution in [-0.4, -0.2) is 39.6 Å². The van der Waals surface area contributed by atoms with Crippen LogP contribution in [0.1, 0.15) is 10.4 Å². The van der Waals surface area contributed by atoms with E-state index in [1.807, 2.05) is 0 Å². The maximum atomic E-state index is 13.2. The second-order valence-corrected chi connectivity index (χ2v) is 5.31.